The molecule has 0 fully saturated rings. The first-order valence-corrected chi connectivity index (χ1v) is 9.08. The van der Waals surface area contributed by atoms with Crippen molar-refractivity contribution in [2.75, 3.05) is 0 Å². The predicted octanol–water partition coefficient (Wildman–Crippen LogP) is 6.24. The summed E-state index contributed by atoms with van der Waals surface area (Å²) in [7, 11) is 0. The van der Waals surface area contributed by atoms with Gasteiger partial charge in [0.25, 0.3) is 0 Å². The molecule has 0 aliphatic rings. The van der Waals surface area contributed by atoms with E-state index in [1.165, 1.54) is 18.2 Å². The molecule has 0 aliphatic heterocycles. The minimum atomic E-state index is -6.43. The van der Waals surface area contributed by atoms with Crippen LogP contribution in [-0.2, 0) is 6.61 Å². The smallest absolute Gasteiger partial charge is 0.462 e. The number of halogens is 9. The maximum absolute atomic E-state index is 13.1. The van der Waals surface area contributed by atoms with Gasteiger partial charge >= 0.3 is 18.1 Å². The topological polar surface area (TPSA) is 33.6 Å². The van der Waals surface area contributed by atoms with Crippen molar-refractivity contribution in [3.63, 3.8) is 0 Å². The van der Waals surface area contributed by atoms with E-state index >= 15 is 0 Å². The van der Waals surface area contributed by atoms with Crippen LogP contribution >= 0.6 is 34.2 Å². The van der Waals surface area contributed by atoms with Crippen molar-refractivity contribution < 1.29 is 35.5 Å². The number of benzene rings is 2. The van der Waals surface area contributed by atoms with Crippen molar-refractivity contribution in [3.8, 4) is 5.75 Å². The second-order valence-electron chi connectivity index (χ2n) is 5.62. The number of nitrogens with zero attached hydrogens (tertiary/aromatic N) is 1. The van der Waals surface area contributed by atoms with E-state index in [0.29, 0.717) is 26.0 Å². The molecule has 29 heavy (non-hydrogen) atoms. The van der Waals surface area contributed by atoms with Crippen LogP contribution in [-0.4, -0.2) is 24.4 Å². The van der Waals surface area contributed by atoms with Gasteiger partial charge in [-0.05, 0) is 64.0 Å². The lowest BCUT2D eigenvalue weighted by Gasteiger charge is -2.27. The van der Waals surface area contributed by atoms with E-state index in [0.717, 1.165) is 5.56 Å². The fraction of sp³-hybridized carbons (Fsp3) is 0.235. The van der Waals surface area contributed by atoms with Crippen LogP contribution < -0.4 is 10.2 Å². The zero-order chi connectivity index (χ0) is 21.9. The van der Waals surface area contributed by atoms with Crippen molar-refractivity contribution in [3.05, 3.63) is 62.2 Å². The van der Waals surface area contributed by atoms with Crippen LogP contribution in [0, 0.1) is 3.57 Å². The molecule has 0 aromatic heterocycles. The number of alkyl halides is 7. The van der Waals surface area contributed by atoms with Gasteiger partial charge in [-0.15, -0.1) is 0 Å². The molecule has 12 heteroatoms. The van der Waals surface area contributed by atoms with Crippen LogP contribution in [0.3, 0.4) is 0 Å². The van der Waals surface area contributed by atoms with Crippen molar-refractivity contribution in [1.82, 2.24) is 5.43 Å². The lowest BCUT2D eigenvalue weighted by Crippen LogP contribution is -2.58. The van der Waals surface area contributed by atoms with Crippen LogP contribution in [0.25, 0.3) is 0 Å². The molecule has 1 N–H and O–H groups in total. The molecule has 3 nitrogen and oxygen atoms in total. The quantitative estimate of drug-likeness (QED) is 0.145. The van der Waals surface area contributed by atoms with Crippen LogP contribution in [0.5, 0.6) is 5.75 Å². The highest BCUT2D eigenvalue weighted by molar-refractivity contribution is 14.1. The molecule has 0 radical (unpaired) electrons. The molecule has 0 spiro atoms. The summed E-state index contributed by atoms with van der Waals surface area (Å²) in [4.78, 5) is 0. The molecule has 0 atom stereocenters. The number of rotatable bonds is 7. The first kappa shape index (κ1) is 23.5. The van der Waals surface area contributed by atoms with E-state index in [1.54, 1.807) is 24.3 Å². The maximum Gasteiger partial charge on any atom is 0.462 e. The van der Waals surface area contributed by atoms with Crippen LogP contribution in [0.4, 0.5) is 30.7 Å². The van der Waals surface area contributed by atoms with Gasteiger partial charge in [0.1, 0.15) is 12.4 Å². The molecule has 0 heterocycles. The van der Waals surface area contributed by atoms with Gasteiger partial charge < -0.3 is 4.74 Å². The Hall–Kier alpha value is -1.76. The van der Waals surface area contributed by atoms with Crippen LogP contribution in [0.2, 0.25) is 5.02 Å². The summed E-state index contributed by atoms with van der Waals surface area (Å²) in [5.41, 5.74) is 1.57. The minimum Gasteiger partial charge on any atom is -0.488 e. The highest BCUT2D eigenvalue weighted by Crippen LogP contribution is 2.45. The third-order valence-electron chi connectivity index (χ3n) is 3.43. The molecular formula is C17H11ClF7IN2O. The Morgan fingerprint density at radius 3 is 2.17 bits per heavy atom. The van der Waals surface area contributed by atoms with E-state index < -0.39 is 18.1 Å². The zero-order valence-corrected chi connectivity index (χ0v) is 17.0. The molecule has 0 amide bonds. The summed E-state index contributed by atoms with van der Waals surface area (Å²) in [5, 5.41) is 3.37. The van der Waals surface area contributed by atoms with E-state index in [1.807, 2.05) is 22.6 Å². The Balaban J connectivity index is 2.02. The highest BCUT2D eigenvalue weighted by Gasteiger charge is 2.73. The summed E-state index contributed by atoms with van der Waals surface area (Å²) in [6.07, 6.45) is -5.75. The van der Waals surface area contributed by atoms with Gasteiger partial charge in [-0.3, -0.25) is 0 Å². The normalized spacial score (nSPS) is 13.0. The average molecular weight is 555 g/mol. The minimum absolute atomic E-state index is 0.173. The van der Waals surface area contributed by atoms with Gasteiger partial charge in [-0.1, -0.05) is 23.7 Å². The summed E-state index contributed by atoms with van der Waals surface area (Å²) >= 11 is 7.66. The Labute approximate surface area is 179 Å². The van der Waals surface area contributed by atoms with Crippen molar-refractivity contribution in [1.29, 1.82) is 0 Å². The summed E-state index contributed by atoms with van der Waals surface area (Å²) in [6, 6.07) is 5.55. The number of ether oxygens (including phenoxy) is 1. The van der Waals surface area contributed by atoms with Crippen LogP contribution in [0.15, 0.2) is 47.6 Å². The standard InChI is InChI=1S/C17H11ClF7IN2O/c18-12-4-1-10(2-5-12)9-29-14-6-3-11(7-13(14)26)8-27-28-17(24,25)15(19,20)16(21,22)23/h1-8,28H,9H2/b27-8+. The Morgan fingerprint density at radius 2 is 1.62 bits per heavy atom. The molecule has 0 saturated heterocycles. The fourth-order valence-electron chi connectivity index (χ4n) is 1.89. The molecule has 2 aromatic rings. The van der Waals surface area contributed by atoms with Gasteiger partial charge in [0.15, 0.2) is 0 Å². The lowest BCUT2D eigenvalue weighted by molar-refractivity contribution is -0.361. The molecule has 2 aromatic carbocycles. The van der Waals surface area contributed by atoms with Crippen molar-refractivity contribution >= 4 is 40.4 Å². The fourth-order valence-corrected chi connectivity index (χ4v) is 2.71. The molecule has 2 rings (SSSR count). The Morgan fingerprint density at radius 1 is 1.00 bits per heavy atom. The third kappa shape index (κ3) is 5.87. The summed E-state index contributed by atoms with van der Waals surface area (Å²) < 4.78 is 94.0. The van der Waals surface area contributed by atoms with E-state index in [-0.39, 0.29) is 12.2 Å². The second-order valence-corrected chi connectivity index (χ2v) is 7.22. The first-order chi connectivity index (χ1) is 13.3. The molecule has 0 unspecified atom stereocenters. The van der Waals surface area contributed by atoms with Gasteiger partial charge in [-0.25, -0.2) is 5.43 Å². The van der Waals surface area contributed by atoms with E-state index in [9.17, 15) is 30.7 Å². The maximum atomic E-state index is 13.1. The number of hydrogen-bond acceptors (Lipinski definition) is 3. The summed E-state index contributed by atoms with van der Waals surface area (Å²) in [6.45, 7) is 0.223. The average Bonchev–Trinajstić information content (AvgIpc) is 2.61. The molecular weight excluding hydrogens is 544 g/mol. The monoisotopic (exact) mass is 554 g/mol. The summed E-state index contributed by atoms with van der Waals surface area (Å²) in [5.74, 6) is -5.84. The predicted molar refractivity (Wildman–Crippen MR) is 102 cm³/mol. The second kappa shape index (κ2) is 8.94. The van der Waals surface area contributed by atoms with Crippen molar-refractivity contribution in [2.24, 2.45) is 5.10 Å². The number of hydrazone groups is 1. The SMILES string of the molecule is FC(F)(F)C(F)(F)C(F)(F)N/N=C/c1ccc(OCc2ccc(Cl)cc2)c(I)c1. The molecule has 158 valence electrons. The lowest BCUT2D eigenvalue weighted by atomic mass is 10.2. The molecule has 0 bridgehead atoms. The van der Waals surface area contributed by atoms with Crippen molar-refractivity contribution in [2.45, 2.75) is 24.8 Å². The van der Waals surface area contributed by atoms with Crippen LogP contribution in [0.1, 0.15) is 11.1 Å². The highest BCUT2D eigenvalue weighted by atomic mass is 127. The first-order valence-electron chi connectivity index (χ1n) is 7.63. The van der Waals surface area contributed by atoms with Gasteiger partial charge in [0, 0.05) is 5.02 Å². The molecule has 0 aliphatic carbocycles. The van der Waals surface area contributed by atoms with Gasteiger partial charge in [0.2, 0.25) is 0 Å². The zero-order valence-electron chi connectivity index (χ0n) is 14.1. The Kier molecular flexibility index (Phi) is 7.25. The third-order valence-corrected chi connectivity index (χ3v) is 4.53. The number of nitrogens with one attached hydrogen (secondary N) is 1. The largest absolute Gasteiger partial charge is 0.488 e. The molecule has 0 saturated carbocycles. The van der Waals surface area contributed by atoms with E-state index in [2.05, 4.69) is 5.10 Å². The number of hydrogen-bond donors (Lipinski definition) is 1. The Bertz CT molecular complexity index is 873. The van der Waals surface area contributed by atoms with E-state index in [4.69, 9.17) is 16.3 Å². The van der Waals surface area contributed by atoms with Gasteiger partial charge in [0.05, 0.1) is 9.78 Å². The van der Waals surface area contributed by atoms with Gasteiger partial charge in [-0.2, -0.15) is 35.8 Å².